The van der Waals surface area contributed by atoms with Crippen LogP contribution in [0.4, 0.5) is 5.82 Å². The summed E-state index contributed by atoms with van der Waals surface area (Å²) in [6.07, 6.45) is 5.47. The van der Waals surface area contributed by atoms with Gasteiger partial charge in [0.2, 0.25) is 0 Å². The second-order valence-corrected chi connectivity index (χ2v) is 10.4. The Labute approximate surface area is 209 Å². The summed E-state index contributed by atoms with van der Waals surface area (Å²) in [7, 11) is 0. The average Bonchev–Trinajstić information content (AvgIpc) is 3.45. The van der Waals surface area contributed by atoms with Crippen LogP contribution in [0, 0.1) is 18.3 Å². The highest BCUT2D eigenvalue weighted by Gasteiger charge is 2.35. The van der Waals surface area contributed by atoms with Gasteiger partial charge in [-0.3, -0.25) is 19.1 Å². The fourth-order valence-corrected chi connectivity index (χ4v) is 5.82. The molecule has 0 radical (unpaired) electrons. The number of aromatic nitrogens is 1. The van der Waals surface area contributed by atoms with Crippen molar-refractivity contribution in [3.05, 3.63) is 31.9 Å². The van der Waals surface area contributed by atoms with Crippen LogP contribution in [0.15, 0.2) is 9.70 Å². The SMILES string of the molecule is CCCCn1c(N2CCOCC2)c(/C=C2\SC(=S)N(CC3CCCO3)C2=O)c(C)c(C#N)c1=O. The minimum atomic E-state index is -0.280. The maximum Gasteiger partial charge on any atom is 0.270 e. The molecule has 3 saturated heterocycles. The molecule has 4 heterocycles. The second-order valence-electron chi connectivity index (χ2n) is 8.69. The van der Waals surface area contributed by atoms with Gasteiger partial charge in [-0.05, 0) is 37.8 Å². The van der Waals surface area contributed by atoms with E-state index in [2.05, 4.69) is 17.9 Å². The third kappa shape index (κ3) is 4.93. The van der Waals surface area contributed by atoms with Gasteiger partial charge in [0.25, 0.3) is 11.5 Å². The highest BCUT2D eigenvalue weighted by molar-refractivity contribution is 8.26. The first kappa shape index (κ1) is 24.9. The van der Waals surface area contributed by atoms with Crippen molar-refractivity contribution in [3.63, 3.8) is 0 Å². The molecule has 0 aromatic carbocycles. The molecule has 34 heavy (non-hydrogen) atoms. The molecular weight excluding hydrogens is 472 g/mol. The van der Waals surface area contributed by atoms with Crippen LogP contribution in [0.5, 0.6) is 0 Å². The first-order chi connectivity index (χ1) is 16.5. The van der Waals surface area contributed by atoms with E-state index in [0.717, 1.165) is 37.1 Å². The van der Waals surface area contributed by atoms with E-state index >= 15 is 0 Å². The minimum absolute atomic E-state index is 0.00800. The van der Waals surface area contributed by atoms with Crippen LogP contribution in [0.2, 0.25) is 0 Å². The van der Waals surface area contributed by atoms with E-state index in [1.165, 1.54) is 11.8 Å². The van der Waals surface area contributed by atoms with E-state index in [-0.39, 0.29) is 23.1 Å². The number of amides is 1. The molecule has 0 aliphatic carbocycles. The number of hydrogen-bond acceptors (Lipinski definition) is 8. The number of nitrogens with zero attached hydrogens (tertiary/aromatic N) is 4. The predicted octanol–water partition coefficient (Wildman–Crippen LogP) is 3.05. The van der Waals surface area contributed by atoms with E-state index in [0.29, 0.717) is 60.8 Å². The summed E-state index contributed by atoms with van der Waals surface area (Å²) < 4.78 is 13.5. The standard InChI is InChI=1S/C24H30N4O4S2/c1-3-4-7-27-21(26-8-11-31-12-9-26)18(16(2)19(14-25)22(27)29)13-20-23(30)28(24(33)34-20)15-17-6-5-10-32-17/h13,17H,3-12,15H2,1-2H3/b20-13-. The summed E-state index contributed by atoms with van der Waals surface area (Å²) in [5.41, 5.74) is 1.16. The highest BCUT2D eigenvalue weighted by Crippen LogP contribution is 2.36. The number of pyridine rings is 1. The van der Waals surface area contributed by atoms with Crippen molar-refractivity contribution in [1.29, 1.82) is 5.26 Å². The molecule has 0 N–H and O–H groups in total. The van der Waals surface area contributed by atoms with Crippen LogP contribution in [-0.2, 0) is 20.8 Å². The number of ether oxygens (including phenoxy) is 2. The van der Waals surface area contributed by atoms with Gasteiger partial charge in [0.05, 0.1) is 30.8 Å². The van der Waals surface area contributed by atoms with Crippen LogP contribution in [-0.4, -0.2) is 65.3 Å². The molecule has 1 aromatic heterocycles. The lowest BCUT2D eigenvalue weighted by molar-refractivity contribution is -0.123. The summed E-state index contributed by atoms with van der Waals surface area (Å²) in [4.78, 5) is 30.9. The van der Waals surface area contributed by atoms with Crippen molar-refractivity contribution in [2.45, 2.75) is 52.2 Å². The molecule has 1 unspecified atom stereocenters. The van der Waals surface area contributed by atoms with Gasteiger partial charge in [-0.25, -0.2) is 0 Å². The molecule has 4 rings (SSSR count). The van der Waals surface area contributed by atoms with Crippen LogP contribution in [0.3, 0.4) is 0 Å². The van der Waals surface area contributed by atoms with Gasteiger partial charge < -0.3 is 14.4 Å². The number of morpholine rings is 1. The van der Waals surface area contributed by atoms with E-state index < -0.39 is 0 Å². The molecule has 10 heteroatoms. The molecule has 1 amide bonds. The van der Waals surface area contributed by atoms with Gasteiger partial charge >= 0.3 is 0 Å². The van der Waals surface area contributed by atoms with E-state index in [4.69, 9.17) is 21.7 Å². The summed E-state index contributed by atoms with van der Waals surface area (Å²) >= 11 is 6.79. The number of nitriles is 1. The highest BCUT2D eigenvalue weighted by atomic mass is 32.2. The van der Waals surface area contributed by atoms with Gasteiger partial charge in [-0.1, -0.05) is 37.3 Å². The molecule has 1 atom stereocenters. The summed E-state index contributed by atoms with van der Waals surface area (Å²) in [5, 5.41) is 9.80. The Morgan fingerprint density at radius 3 is 2.68 bits per heavy atom. The number of thioether (sulfide) groups is 1. The molecule has 182 valence electrons. The van der Waals surface area contributed by atoms with Crippen molar-refractivity contribution < 1.29 is 14.3 Å². The zero-order valence-corrected chi connectivity index (χ0v) is 21.3. The number of carbonyl (C=O) groups is 1. The molecule has 3 aliphatic heterocycles. The Morgan fingerprint density at radius 1 is 1.26 bits per heavy atom. The predicted molar refractivity (Wildman–Crippen MR) is 137 cm³/mol. The second kappa shape index (κ2) is 11.0. The molecule has 3 fully saturated rings. The fraction of sp³-hybridized carbons (Fsp3) is 0.583. The van der Waals surface area contributed by atoms with E-state index in [1.54, 1.807) is 16.4 Å². The molecule has 8 nitrogen and oxygen atoms in total. The van der Waals surface area contributed by atoms with Crippen molar-refractivity contribution >= 4 is 46.1 Å². The van der Waals surface area contributed by atoms with E-state index in [9.17, 15) is 14.9 Å². The number of thiocarbonyl (C=S) groups is 1. The average molecular weight is 503 g/mol. The Hall–Kier alpha value is -2.19. The number of rotatable bonds is 7. The molecule has 3 aliphatic rings. The summed E-state index contributed by atoms with van der Waals surface area (Å²) in [5.74, 6) is 0.602. The van der Waals surface area contributed by atoms with Gasteiger partial charge in [0, 0.05) is 31.8 Å². The Morgan fingerprint density at radius 2 is 2.03 bits per heavy atom. The zero-order valence-electron chi connectivity index (χ0n) is 19.7. The number of carbonyl (C=O) groups excluding carboxylic acids is 1. The lowest BCUT2D eigenvalue weighted by Gasteiger charge is -2.33. The maximum absolute atomic E-state index is 13.3. The number of anilines is 1. The minimum Gasteiger partial charge on any atom is -0.378 e. The van der Waals surface area contributed by atoms with Crippen LogP contribution < -0.4 is 10.5 Å². The van der Waals surface area contributed by atoms with Gasteiger partial charge in [-0.15, -0.1) is 0 Å². The summed E-state index contributed by atoms with van der Waals surface area (Å²) in [6, 6.07) is 2.10. The Kier molecular flexibility index (Phi) is 8.09. The van der Waals surface area contributed by atoms with Gasteiger partial charge in [0.1, 0.15) is 21.8 Å². The van der Waals surface area contributed by atoms with Crippen LogP contribution in [0.25, 0.3) is 6.08 Å². The van der Waals surface area contributed by atoms with Crippen molar-refractivity contribution in [2.24, 2.45) is 0 Å². The molecule has 0 saturated carbocycles. The zero-order chi connectivity index (χ0) is 24.2. The topological polar surface area (TPSA) is 87.8 Å². The normalized spacial score (nSPS) is 22.1. The lowest BCUT2D eigenvalue weighted by Crippen LogP contribution is -2.41. The third-order valence-corrected chi connectivity index (χ3v) is 7.83. The van der Waals surface area contributed by atoms with Gasteiger partial charge in [0.15, 0.2) is 0 Å². The van der Waals surface area contributed by atoms with E-state index in [1.807, 2.05) is 6.08 Å². The van der Waals surface area contributed by atoms with Crippen molar-refractivity contribution in [2.75, 3.05) is 44.4 Å². The fourth-order valence-electron chi connectivity index (χ4n) is 4.56. The quantitative estimate of drug-likeness (QED) is 0.415. The first-order valence-electron chi connectivity index (χ1n) is 11.8. The smallest absolute Gasteiger partial charge is 0.270 e. The largest absolute Gasteiger partial charge is 0.378 e. The first-order valence-corrected chi connectivity index (χ1v) is 13.1. The maximum atomic E-state index is 13.3. The van der Waals surface area contributed by atoms with Gasteiger partial charge in [-0.2, -0.15) is 5.26 Å². The molecule has 0 spiro atoms. The summed E-state index contributed by atoms with van der Waals surface area (Å²) in [6.45, 7) is 7.93. The molecule has 1 aromatic rings. The third-order valence-electron chi connectivity index (χ3n) is 6.45. The number of unbranched alkanes of at least 4 members (excludes halogenated alkanes) is 1. The Balaban J connectivity index is 1.80. The van der Waals surface area contributed by atoms with Crippen LogP contribution in [0.1, 0.15) is 49.3 Å². The lowest BCUT2D eigenvalue weighted by atomic mass is 10.0. The number of hydrogen-bond donors (Lipinski definition) is 0. The monoisotopic (exact) mass is 502 g/mol. The Bertz CT molecular complexity index is 1100. The molecule has 0 bridgehead atoms. The van der Waals surface area contributed by atoms with Crippen molar-refractivity contribution in [1.82, 2.24) is 9.47 Å². The van der Waals surface area contributed by atoms with Crippen molar-refractivity contribution in [3.8, 4) is 6.07 Å². The molecular formula is C24H30N4O4S2. The van der Waals surface area contributed by atoms with Crippen LogP contribution >= 0.6 is 24.0 Å².